The van der Waals surface area contributed by atoms with Crippen molar-refractivity contribution in [3.05, 3.63) is 49.0 Å². The Morgan fingerprint density at radius 1 is 1.11 bits per heavy atom. The summed E-state index contributed by atoms with van der Waals surface area (Å²) in [5, 5.41) is 22.4. The third kappa shape index (κ3) is 4.33. The zero-order valence-electron chi connectivity index (χ0n) is 15.7. The monoisotopic (exact) mass is 407 g/mol. The number of nitro benzene ring substituents is 2. The summed E-state index contributed by atoms with van der Waals surface area (Å²) in [6.45, 7) is 6.50. The van der Waals surface area contributed by atoms with Crippen LogP contribution in [-0.2, 0) is 9.53 Å². The largest absolute Gasteiger partial charge is 0.378 e. The molecule has 1 fully saturated rings. The van der Waals surface area contributed by atoms with Crippen LogP contribution < -0.4 is 0 Å². The van der Waals surface area contributed by atoms with Crippen molar-refractivity contribution < 1.29 is 19.4 Å². The predicted octanol–water partition coefficient (Wildman–Crippen LogP) is 3.53. The van der Waals surface area contributed by atoms with Gasteiger partial charge in [0.05, 0.1) is 38.9 Å². The Morgan fingerprint density at radius 3 is 2.39 bits per heavy atom. The minimum Gasteiger partial charge on any atom is -0.378 e. The van der Waals surface area contributed by atoms with Crippen molar-refractivity contribution in [1.82, 2.24) is 4.90 Å². The molecule has 1 aromatic carbocycles. The lowest BCUT2D eigenvalue weighted by Gasteiger charge is -2.39. The number of Topliss-reactive ketones (excluding diaryl/α,β-unsaturated/α-hetero) is 1. The van der Waals surface area contributed by atoms with Gasteiger partial charge in [-0.2, -0.15) is 0 Å². The molecule has 1 heterocycles. The number of carbonyl (C=O) groups is 1. The summed E-state index contributed by atoms with van der Waals surface area (Å²) in [5.74, 6) is -0.0598. The lowest BCUT2D eigenvalue weighted by molar-refractivity contribution is -0.396. The minimum absolute atomic E-state index is 0.0598. The maximum Gasteiger partial charge on any atom is 0.290 e. The van der Waals surface area contributed by atoms with Crippen LogP contribution >= 0.6 is 11.8 Å². The number of hydrogen-bond donors (Lipinski definition) is 0. The first-order valence-corrected chi connectivity index (χ1v) is 9.69. The van der Waals surface area contributed by atoms with Gasteiger partial charge >= 0.3 is 0 Å². The molecule has 9 nitrogen and oxygen atoms in total. The van der Waals surface area contributed by atoms with Gasteiger partial charge < -0.3 is 9.64 Å². The molecule has 1 aliphatic carbocycles. The van der Waals surface area contributed by atoms with E-state index < -0.39 is 9.85 Å². The molecular weight excluding hydrogens is 386 g/mol. The number of ketones is 1. The highest BCUT2D eigenvalue weighted by Crippen LogP contribution is 2.46. The summed E-state index contributed by atoms with van der Waals surface area (Å²) < 4.78 is 5.40. The Labute approximate surface area is 166 Å². The van der Waals surface area contributed by atoms with Gasteiger partial charge in [0.15, 0.2) is 5.78 Å². The van der Waals surface area contributed by atoms with Gasteiger partial charge in [-0.3, -0.25) is 25.0 Å². The molecule has 0 N–H and O–H groups in total. The van der Waals surface area contributed by atoms with E-state index in [9.17, 15) is 25.0 Å². The Bertz CT molecular complexity index is 861. The van der Waals surface area contributed by atoms with Crippen LogP contribution in [0.25, 0.3) is 0 Å². The van der Waals surface area contributed by atoms with Crippen molar-refractivity contribution in [3.63, 3.8) is 0 Å². The molecule has 0 unspecified atom stereocenters. The van der Waals surface area contributed by atoms with Gasteiger partial charge in [-0.1, -0.05) is 25.6 Å². The third-order valence-corrected chi connectivity index (χ3v) is 5.99. The van der Waals surface area contributed by atoms with E-state index in [1.165, 1.54) is 12.1 Å². The van der Waals surface area contributed by atoms with E-state index in [-0.39, 0.29) is 27.5 Å². The SMILES string of the molecule is CC1(C)CC(=O)C(Sc2ccc([N+](=O)[O-])cc2[N+](=O)[O-])=C(N2CCOCC2)C1. The van der Waals surface area contributed by atoms with Gasteiger partial charge in [-0.05, 0) is 17.9 Å². The quantitative estimate of drug-likeness (QED) is 0.538. The summed E-state index contributed by atoms with van der Waals surface area (Å²) in [5.41, 5.74) is -0.0432. The van der Waals surface area contributed by atoms with Gasteiger partial charge in [-0.25, -0.2) is 0 Å². The molecule has 0 bridgehead atoms. The second-order valence-electron chi connectivity index (χ2n) is 7.58. The van der Waals surface area contributed by atoms with E-state index in [1.54, 1.807) is 0 Å². The van der Waals surface area contributed by atoms with Crippen LogP contribution in [0.1, 0.15) is 26.7 Å². The molecule has 0 atom stereocenters. The van der Waals surface area contributed by atoms with Crippen molar-refractivity contribution >= 4 is 28.9 Å². The van der Waals surface area contributed by atoms with Crippen LogP contribution in [-0.4, -0.2) is 46.8 Å². The Morgan fingerprint density at radius 2 is 1.79 bits per heavy atom. The molecule has 28 heavy (non-hydrogen) atoms. The highest BCUT2D eigenvalue weighted by Gasteiger charge is 2.37. The van der Waals surface area contributed by atoms with Crippen molar-refractivity contribution in [3.8, 4) is 0 Å². The second-order valence-corrected chi connectivity index (χ2v) is 8.64. The molecule has 150 valence electrons. The number of benzene rings is 1. The van der Waals surface area contributed by atoms with Crippen molar-refractivity contribution in [2.24, 2.45) is 5.41 Å². The van der Waals surface area contributed by atoms with Crippen LogP contribution in [0.3, 0.4) is 0 Å². The number of allylic oxidation sites excluding steroid dienone is 2. The summed E-state index contributed by atoms with van der Waals surface area (Å²) in [6.07, 6.45) is 1.03. The van der Waals surface area contributed by atoms with Crippen LogP contribution in [0.5, 0.6) is 0 Å². The van der Waals surface area contributed by atoms with E-state index in [0.717, 1.165) is 23.5 Å². The molecule has 0 radical (unpaired) electrons. The number of morpholine rings is 1. The van der Waals surface area contributed by atoms with E-state index in [1.807, 2.05) is 13.8 Å². The van der Waals surface area contributed by atoms with Crippen molar-refractivity contribution in [2.75, 3.05) is 26.3 Å². The lowest BCUT2D eigenvalue weighted by Crippen LogP contribution is -2.40. The normalized spacial score (nSPS) is 19.6. The maximum absolute atomic E-state index is 12.9. The van der Waals surface area contributed by atoms with Gasteiger partial charge in [0.1, 0.15) is 0 Å². The van der Waals surface area contributed by atoms with Crippen molar-refractivity contribution in [1.29, 1.82) is 0 Å². The molecule has 0 spiro atoms. The number of nitrogens with zero attached hydrogens (tertiary/aromatic N) is 3. The Kier molecular flexibility index (Phi) is 5.71. The second kappa shape index (κ2) is 7.88. The predicted molar refractivity (Wildman–Crippen MR) is 103 cm³/mol. The summed E-state index contributed by atoms with van der Waals surface area (Å²) >= 11 is 1.03. The number of hydrogen-bond acceptors (Lipinski definition) is 8. The molecule has 2 aliphatic rings. The zero-order valence-corrected chi connectivity index (χ0v) is 16.5. The van der Waals surface area contributed by atoms with Crippen LogP contribution in [0.4, 0.5) is 11.4 Å². The Balaban J connectivity index is 2.03. The van der Waals surface area contributed by atoms with E-state index in [0.29, 0.717) is 44.1 Å². The first-order valence-electron chi connectivity index (χ1n) is 8.88. The number of rotatable bonds is 5. The molecular formula is C18H21N3O6S. The molecule has 1 aromatic rings. The van der Waals surface area contributed by atoms with Crippen LogP contribution in [0.15, 0.2) is 33.7 Å². The number of ether oxygens (including phenoxy) is 1. The topological polar surface area (TPSA) is 116 Å². The van der Waals surface area contributed by atoms with E-state index in [2.05, 4.69) is 4.90 Å². The molecule has 1 saturated heterocycles. The van der Waals surface area contributed by atoms with E-state index in [4.69, 9.17) is 4.74 Å². The van der Waals surface area contributed by atoms with Crippen LogP contribution in [0.2, 0.25) is 0 Å². The zero-order chi connectivity index (χ0) is 20.5. The van der Waals surface area contributed by atoms with Gasteiger partial charge in [0, 0.05) is 31.3 Å². The summed E-state index contributed by atoms with van der Waals surface area (Å²) in [7, 11) is 0. The average molecular weight is 407 g/mol. The minimum atomic E-state index is -0.672. The molecule has 0 saturated carbocycles. The highest BCUT2D eigenvalue weighted by molar-refractivity contribution is 8.04. The van der Waals surface area contributed by atoms with E-state index >= 15 is 0 Å². The molecule has 0 amide bonds. The molecule has 3 rings (SSSR count). The fourth-order valence-corrected chi connectivity index (χ4v) is 4.53. The highest BCUT2D eigenvalue weighted by atomic mass is 32.2. The van der Waals surface area contributed by atoms with Crippen LogP contribution in [0, 0.1) is 25.6 Å². The Hall–Kier alpha value is -2.46. The average Bonchev–Trinajstić information content (AvgIpc) is 2.63. The third-order valence-electron chi connectivity index (χ3n) is 4.76. The fraction of sp³-hybridized carbons (Fsp3) is 0.500. The van der Waals surface area contributed by atoms with Gasteiger partial charge in [0.2, 0.25) is 0 Å². The summed E-state index contributed by atoms with van der Waals surface area (Å²) in [6, 6.07) is 3.51. The standard InChI is InChI=1S/C18H21N3O6S/c1-18(2)10-14(19-5-7-27-8-6-19)17(15(22)11-18)28-16-4-3-12(20(23)24)9-13(16)21(25)26/h3-4,9H,5-8,10-11H2,1-2H3. The lowest BCUT2D eigenvalue weighted by atomic mass is 9.78. The number of carbonyl (C=O) groups excluding carboxylic acids is 1. The molecule has 0 aromatic heterocycles. The maximum atomic E-state index is 12.9. The number of nitro groups is 2. The molecule has 10 heteroatoms. The van der Waals surface area contributed by atoms with Gasteiger partial charge in [-0.15, -0.1) is 0 Å². The first-order chi connectivity index (χ1) is 13.2. The number of thioether (sulfide) groups is 1. The first kappa shape index (κ1) is 20.3. The number of non-ortho nitro benzene ring substituents is 1. The van der Waals surface area contributed by atoms with Gasteiger partial charge in [0.25, 0.3) is 11.4 Å². The fourth-order valence-electron chi connectivity index (χ4n) is 3.43. The van der Waals surface area contributed by atoms with Crippen molar-refractivity contribution in [2.45, 2.75) is 31.6 Å². The summed E-state index contributed by atoms with van der Waals surface area (Å²) in [4.78, 5) is 36.8. The molecule has 1 aliphatic heterocycles. The smallest absolute Gasteiger partial charge is 0.290 e.